The molecule has 162 valence electrons. The molecule has 1 aromatic heterocycles. The van der Waals surface area contributed by atoms with Gasteiger partial charge in [-0.25, -0.2) is 4.79 Å². The Labute approximate surface area is 177 Å². The van der Waals surface area contributed by atoms with Crippen LogP contribution < -0.4 is 5.73 Å². The highest BCUT2D eigenvalue weighted by Gasteiger charge is 2.48. The summed E-state index contributed by atoms with van der Waals surface area (Å²) in [5.41, 5.74) is 8.78. The van der Waals surface area contributed by atoms with Gasteiger partial charge in [-0.05, 0) is 37.3 Å². The van der Waals surface area contributed by atoms with E-state index in [2.05, 4.69) is 18.8 Å². The summed E-state index contributed by atoms with van der Waals surface area (Å²) in [4.78, 5) is 35.5. The molecular weight excluding hydrogens is 382 g/mol. The number of nitrogens with zero attached hydrogens (tertiary/aromatic N) is 2. The lowest BCUT2D eigenvalue weighted by molar-refractivity contribution is -0.139. The predicted molar refractivity (Wildman–Crippen MR) is 114 cm³/mol. The van der Waals surface area contributed by atoms with Crippen LogP contribution >= 0.6 is 0 Å². The maximum absolute atomic E-state index is 13.3. The van der Waals surface area contributed by atoms with Crippen LogP contribution in [0.1, 0.15) is 50.8 Å². The lowest BCUT2D eigenvalue weighted by atomic mass is 9.63. The minimum Gasteiger partial charge on any atom is -0.463 e. The number of rotatable bonds is 7. The quantitative estimate of drug-likeness (QED) is 0.544. The Bertz CT molecular complexity index is 871. The van der Waals surface area contributed by atoms with Crippen molar-refractivity contribution >= 4 is 17.5 Å². The molecule has 1 saturated carbocycles. The lowest BCUT2D eigenvalue weighted by Gasteiger charge is -2.41. The van der Waals surface area contributed by atoms with Crippen molar-refractivity contribution in [2.45, 2.75) is 46.5 Å². The van der Waals surface area contributed by atoms with Crippen molar-refractivity contribution in [1.82, 2.24) is 4.98 Å². The Morgan fingerprint density at radius 1 is 1.27 bits per heavy atom. The van der Waals surface area contributed by atoms with E-state index in [1.54, 1.807) is 13.1 Å². The van der Waals surface area contributed by atoms with Gasteiger partial charge in [0.25, 0.3) is 0 Å². The first-order valence-electron chi connectivity index (χ1n) is 10.5. The van der Waals surface area contributed by atoms with Crippen molar-refractivity contribution in [2.24, 2.45) is 22.1 Å². The number of aromatic nitrogens is 1. The number of ketones is 1. The van der Waals surface area contributed by atoms with Gasteiger partial charge in [0.15, 0.2) is 0 Å². The number of carbonyl (C=O) groups is 2. The first-order valence-corrected chi connectivity index (χ1v) is 10.5. The Hall–Kier alpha value is -2.38. The Morgan fingerprint density at radius 3 is 2.67 bits per heavy atom. The van der Waals surface area contributed by atoms with Crippen LogP contribution in [0.2, 0.25) is 0 Å². The summed E-state index contributed by atoms with van der Waals surface area (Å²) < 4.78 is 11.0. The van der Waals surface area contributed by atoms with Crippen molar-refractivity contribution in [3.8, 4) is 0 Å². The molecule has 0 amide bonds. The van der Waals surface area contributed by atoms with E-state index in [-0.39, 0.29) is 24.4 Å². The van der Waals surface area contributed by atoms with Crippen LogP contribution in [0.3, 0.4) is 0 Å². The lowest BCUT2D eigenvalue weighted by Crippen LogP contribution is -2.44. The monoisotopic (exact) mass is 413 g/mol. The van der Waals surface area contributed by atoms with Crippen molar-refractivity contribution in [3.05, 3.63) is 40.9 Å². The molecule has 7 heteroatoms. The number of aryl methyl sites for hydroxylation is 1. The molecule has 2 unspecified atom stereocenters. The molecule has 2 heterocycles. The number of ether oxygens (including phenoxy) is 2. The van der Waals surface area contributed by atoms with Crippen LogP contribution in [0.4, 0.5) is 0 Å². The van der Waals surface area contributed by atoms with Crippen molar-refractivity contribution in [2.75, 3.05) is 26.4 Å². The molecule has 1 aromatic rings. The average molecular weight is 414 g/mol. The van der Waals surface area contributed by atoms with Crippen LogP contribution in [0.5, 0.6) is 0 Å². The van der Waals surface area contributed by atoms with E-state index in [1.165, 1.54) is 0 Å². The summed E-state index contributed by atoms with van der Waals surface area (Å²) in [6.45, 7) is 8.92. The number of carbonyl (C=O) groups excluding carboxylic acids is 2. The predicted octanol–water partition coefficient (Wildman–Crippen LogP) is 2.73. The zero-order valence-electron chi connectivity index (χ0n) is 18.2. The highest BCUT2D eigenvalue weighted by molar-refractivity contribution is 6.12. The molecule has 30 heavy (non-hydrogen) atoms. The van der Waals surface area contributed by atoms with Gasteiger partial charge in [-0.3, -0.25) is 14.8 Å². The third kappa shape index (κ3) is 4.68. The number of hydrogen-bond acceptors (Lipinski definition) is 7. The van der Waals surface area contributed by atoms with Gasteiger partial charge < -0.3 is 15.2 Å². The summed E-state index contributed by atoms with van der Waals surface area (Å²) in [6, 6.07) is 3.83. The summed E-state index contributed by atoms with van der Waals surface area (Å²) >= 11 is 0. The number of Topliss-reactive ketones (excluding diaryl/α,β-unsaturated/α-hetero) is 1. The van der Waals surface area contributed by atoms with Crippen LogP contribution in [-0.4, -0.2) is 48.8 Å². The largest absolute Gasteiger partial charge is 0.463 e. The molecule has 1 aliphatic carbocycles. The molecule has 3 rings (SSSR count). The van der Waals surface area contributed by atoms with Crippen LogP contribution in [0, 0.1) is 18.3 Å². The van der Waals surface area contributed by atoms with E-state index < -0.39 is 17.8 Å². The normalized spacial score (nSPS) is 23.1. The molecular formula is C23H31N3O4. The number of nitrogens with two attached hydrogens (primary N) is 1. The zero-order valence-corrected chi connectivity index (χ0v) is 18.2. The topological polar surface area (TPSA) is 104 Å². The van der Waals surface area contributed by atoms with Gasteiger partial charge in [-0.1, -0.05) is 19.9 Å². The molecule has 1 aliphatic heterocycles. The number of aliphatic imine (C=N–C) groups is 1. The Balaban J connectivity index is 2.16. The van der Waals surface area contributed by atoms with E-state index in [0.717, 1.165) is 17.0 Å². The molecule has 0 saturated heterocycles. The van der Waals surface area contributed by atoms with Gasteiger partial charge in [-0.15, -0.1) is 0 Å². The van der Waals surface area contributed by atoms with Gasteiger partial charge >= 0.3 is 5.97 Å². The fraction of sp³-hybridized carbons (Fsp3) is 0.565. The average Bonchev–Trinajstić information content (AvgIpc) is 2.67. The summed E-state index contributed by atoms with van der Waals surface area (Å²) in [6.07, 6.45) is 2.88. The van der Waals surface area contributed by atoms with E-state index in [9.17, 15) is 9.59 Å². The standard InChI is InChI=1S/C23H31N3O4/c1-5-30-22(28)21-17(13-29-9-8-24)26-16-10-23(3,4)11-18(27)20(16)19(21)15-7-6-14(2)25-12-15/h6-7,12,19-20H,5,8-11,13,24H2,1-4H3. The maximum atomic E-state index is 13.3. The third-order valence-electron chi connectivity index (χ3n) is 5.54. The second-order valence-corrected chi connectivity index (χ2v) is 8.70. The van der Waals surface area contributed by atoms with E-state index in [1.807, 2.05) is 19.1 Å². The van der Waals surface area contributed by atoms with Gasteiger partial charge in [0.05, 0.1) is 37.0 Å². The third-order valence-corrected chi connectivity index (χ3v) is 5.54. The van der Waals surface area contributed by atoms with Crippen LogP contribution in [0.15, 0.2) is 34.6 Å². The molecule has 0 aromatic carbocycles. The minimum atomic E-state index is -0.486. The highest BCUT2D eigenvalue weighted by atomic mass is 16.5. The minimum absolute atomic E-state index is 0.0966. The van der Waals surface area contributed by atoms with Crippen LogP contribution in [-0.2, 0) is 19.1 Å². The smallest absolute Gasteiger partial charge is 0.336 e. The fourth-order valence-corrected chi connectivity index (χ4v) is 4.34. The summed E-state index contributed by atoms with van der Waals surface area (Å²) in [5.74, 6) is -1.33. The van der Waals surface area contributed by atoms with Crippen LogP contribution in [0.25, 0.3) is 0 Å². The second-order valence-electron chi connectivity index (χ2n) is 8.70. The number of hydrogen-bond donors (Lipinski definition) is 1. The molecule has 2 atom stereocenters. The Morgan fingerprint density at radius 2 is 2.03 bits per heavy atom. The SMILES string of the molecule is CCOC(=O)C1=C(COCCN)N=C2CC(C)(C)CC(=O)C2C1c1ccc(C)nc1. The molecule has 1 fully saturated rings. The Kier molecular flexibility index (Phi) is 6.83. The first-order chi connectivity index (χ1) is 14.3. The summed E-state index contributed by atoms with van der Waals surface area (Å²) in [5, 5.41) is 0. The number of fused-ring (bicyclic) bond motifs is 1. The van der Waals surface area contributed by atoms with Crippen molar-refractivity contribution < 1.29 is 19.1 Å². The fourth-order valence-electron chi connectivity index (χ4n) is 4.34. The molecule has 0 bridgehead atoms. The van der Waals surface area contributed by atoms with Crippen molar-refractivity contribution in [3.63, 3.8) is 0 Å². The second kappa shape index (κ2) is 9.18. The highest BCUT2D eigenvalue weighted by Crippen LogP contribution is 2.47. The van der Waals surface area contributed by atoms with Crippen molar-refractivity contribution in [1.29, 1.82) is 0 Å². The molecule has 2 N–H and O–H groups in total. The van der Waals surface area contributed by atoms with Gasteiger partial charge in [0, 0.05) is 36.5 Å². The van der Waals surface area contributed by atoms with Gasteiger partial charge in [-0.2, -0.15) is 0 Å². The molecule has 0 radical (unpaired) electrons. The first kappa shape index (κ1) is 22.3. The molecule has 7 nitrogen and oxygen atoms in total. The molecule has 2 aliphatic rings. The number of esters is 1. The van der Waals surface area contributed by atoms with Gasteiger partial charge in [0.2, 0.25) is 0 Å². The van der Waals surface area contributed by atoms with E-state index in [0.29, 0.717) is 37.3 Å². The van der Waals surface area contributed by atoms with E-state index >= 15 is 0 Å². The zero-order chi connectivity index (χ0) is 21.9. The number of pyridine rings is 1. The summed E-state index contributed by atoms with van der Waals surface area (Å²) in [7, 11) is 0. The molecule has 0 spiro atoms. The maximum Gasteiger partial charge on any atom is 0.336 e. The van der Waals surface area contributed by atoms with E-state index in [4.69, 9.17) is 20.2 Å². The van der Waals surface area contributed by atoms with Gasteiger partial charge in [0.1, 0.15) is 5.78 Å².